The van der Waals surface area contributed by atoms with Crippen molar-refractivity contribution in [2.75, 3.05) is 18.1 Å². The molecule has 0 radical (unpaired) electrons. The lowest BCUT2D eigenvalue weighted by Crippen LogP contribution is -1.99. The van der Waals surface area contributed by atoms with E-state index < -0.39 is 5.97 Å². The number of hydrogen-bond acceptors (Lipinski definition) is 6. The lowest BCUT2D eigenvalue weighted by molar-refractivity contribution is 0.0697. The minimum Gasteiger partial charge on any atom is -0.494 e. The molecule has 3 rings (SSSR count). The van der Waals surface area contributed by atoms with Crippen molar-refractivity contribution < 1.29 is 14.6 Å². The number of carbonyl (C=O) groups is 1. The molecule has 2 aromatic carbocycles. The number of aromatic nitrogens is 2. The molecule has 3 aromatic rings. The summed E-state index contributed by atoms with van der Waals surface area (Å²) < 4.78 is 5.49. The average Bonchev–Trinajstić information content (AvgIpc) is 2.68. The normalized spacial score (nSPS) is 10.2. The van der Waals surface area contributed by atoms with Crippen LogP contribution in [0.3, 0.4) is 0 Å². The fraction of sp³-hybridized carbons (Fsp3) is 0.286. The molecule has 7 nitrogen and oxygen atoms in total. The second-order valence-electron chi connectivity index (χ2n) is 6.22. The number of fused-ring (bicyclic) bond motifs is 1. The van der Waals surface area contributed by atoms with E-state index in [-0.39, 0.29) is 5.95 Å². The Morgan fingerprint density at radius 2 is 1.71 bits per heavy atom. The first-order valence-electron chi connectivity index (χ1n) is 9.25. The van der Waals surface area contributed by atoms with Gasteiger partial charge in [0.25, 0.3) is 0 Å². The van der Waals surface area contributed by atoms with Crippen LogP contribution < -0.4 is 16.2 Å². The van der Waals surface area contributed by atoms with Gasteiger partial charge in [-0.3, -0.25) is 0 Å². The summed E-state index contributed by atoms with van der Waals surface area (Å²) in [6.45, 7) is 2.87. The van der Waals surface area contributed by atoms with Crippen molar-refractivity contribution in [1.82, 2.24) is 9.97 Å². The van der Waals surface area contributed by atoms with Crippen LogP contribution in [0.5, 0.6) is 5.75 Å². The molecule has 7 heteroatoms. The lowest BCUT2D eigenvalue weighted by atomic mass is 10.2. The molecule has 0 aliphatic carbocycles. The Balaban J connectivity index is 0.000000207. The average molecular weight is 382 g/mol. The highest BCUT2D eigenvalue weighted by Crippen LogP contribution is 2.17. The fourth-order valence-electron chi connectivity index (χ4n) is 2.53. The van der Waals surface area contributed by atoms with Crippen molar-refractivity contribution in [3.8, 4) is 5.75 Å². The van der Waals surface area contributed by atoms with Crippen LogP contribution in [0.25, 0.3) is 10.9 Å². The summed E-state index contributed by atoms with van der Waals surface area (Å²) >= 11 is 0. The quantitative estimate of drug-likeness (QED) is 0.524. The number of nitrogen functional groups attached to an aromatic ring is 2. The molecule has 0 saturated heterocycles. The zero-order chi connectivity index (χ0) is 20.4. The molecule has 0 fully saturated rings. The summed E-state index contributed by atoms with van der Waals surface area (Å²) in [5.41, 5.74) is 12.1. The summed E-state index contributed by atoms with van der Waals surface area (Å²) in [7, 11) is 0. The summed E-state index contributed by atoms with van der Waals surface area (Å²) in [5.74, 6) is 0.472. The Kier molecular flexibility index (Phi) is 8.02. The number of rotatable bonds is 7. The fourth-order valence-corrected chi connectivity index (χ4v) is 2.53. The van der Waals surface area contributed by atoms with Crippen LogP contribution in [-0.4, -0.2) is 27.7 Å². The third kappa shape index (κ3) is 6.42. The maximum atomic E-state index is 10.6. The molecule has 0 aliphatic heterocycles. The highest BCUT2D eigenvalue weighted by Gasteiger charge is 2.02. The zero-order valence-corrected chi connectivity index (χ0v) is 16.0. The molecular weight excluding hydrogens is 356 g/mol. The number of benzene rings is 2. The minimum atomic E-state index is -0.908. The van der Waals surface area contributed by atoms with Crippen LogP contribution in [0.2, 0.25) is 0 Å². The Morgan fingerprint density at radius 3 is 2.39 bits per heavy atom. The molecule has 0 atom stereocenters. The van der Waals surface area contributed by atoms with Crippen molar-refractivity contribution >= 4 is 28.6 Å². The Bertz CT molecular complexity index is 898. The molecule has 0 aliphatic rings. The molecule has 148 valence electrons. The van der Waals surface area contributed by atoms with E-state index in [9.17, 15) is 4.79 Å². The van der Waals surface area contributed by atoms with E-state index >= 15 is 0 Å². The van der Waals surface area contributed by atoms with Crippen molar-refractivity contribution in [3.05, 3.63) is 54.1 Å². The van der Waals surface area contributed by atoms with E-state index in [0.717, 1.165) is 23.1 Å². The lowest BCUT2D eigenvalue weighted by Gasteiger charge is -2.05. The number of nitrogens with two attached hydrogens (primary N) is 2. The second kappa shape index (κ2) is 10.7. The van der Waals surface area contributed by atoms with Gasteiger partial charge in [0.2, 0.25) is 5.95 Å². The number of unbranched alkanes of at least 4 members (excludes halogenated alkanes) is 3. The van der Waals surface area contributed by atoms with Crippen molar-refractivity contribution in [2.45, 2.75) is 32.6 Å². The van der Waals surface area contributed by atoms with Gasteiger partial charge in [0, 0.05) is 5.39 Å². The molecule has 1 heterocycles. The second-order valence-corrected chi connectivity index (χ2v) is 6.22. The molecule has 1 aromatic heterocycles. The van der Waals surface area contributed by atoms with Crippen LogP contribution in [0.4, 0.5) is 11.8 Å². The van der Waals surface area contributed by atoms with Crippen LogP contribution in [-0.2, 0) is 0 Å². The first kappa shape index (κ1) is 21.0. The standard InChI is InChI=1S/C13H18O3.C8H8N4/c1-2-3-4-5-10-16-12-8-6-11(7-9-12)13(14)15;9-7-5-3-1-2-4-6(5)11-8(10)12-7/h6-9H,2-5,10H2,1H3,(H,14,15);1-4H,(H4,9,10,11,12). The van der Waals surface area contributed by atoms with Gasteiger partial charge in [-0.1, -0.05) is 38.3 Å². The molecule has 0 bridgehead atoms. The number of anilines is 2. The van der Waals surface area contributed by atoms with Crippen molar-refractivity contribution in [2.24, 2.45) is 0 Å². The highest BCUT2D eigenvalue weighted by molar-refractivity contribution is 5.88. The van der Waals surface area contributed by atoms with Crippen LogP contribution in [0.15, 0.2) is 48.5 Å². The van der Waals surface area contributed by atoms with Gasteiger partial charge in [-0.15, -0.1) is 0 Å². The van der Waals surface area contributed by atoms with Crippen LogP contribution in [0, 0.1) is 0 Å². The first-order chi connectivity index (χ1) is 13.5. The van der Waals surface area contributed by atoms with Gasteiger partial charge >= 0.3 is 5.97 Å². The van der Waals surface area contributed by atoms with E-state index in [2.05, 4.69) is 16.9 Å². The van der Waals surface area contributed by atoms with Crippen LogP contribution >= 0.6 is 0 Å². The maximum Gasteiger partial charge on any atom is 0.335 e. The Morgan fingerprint density at radius 1 is 1.00 bits per heavy atom. The maximum absolute atomic E-state index is 10.6. The van der Waals surface area contributed by atoms with Gasteiger partial charge in [0.1, 0.15) is 11.6 Å². The third-order valence-electron chi connectivity index (χ3n) is 4.02. The molecule has 0 saturated carbocycles. The van der Waals surface area contributed by atoms with E-state index in [1.165, 1.54) is 19.3 Å². The number of nitrogens with zero attached hydrogens (tertiary/aromatic N) is 2. The van der Waals surface area contributed by atoms with E-state index in [0.29, 0.717) is 18.0 Å². The van der Waals surface area contributed by atoms with E-state index in [1.807, 2.05) is 24.3 Å². The van der Waals surface area contributed by atoms with Gasteiger partial charge in [0.05, 0.1) is 17.7 Å². The summed E-state index contributed by atoms with van der Waals surface area (Å²) in [5, 5.41) is 9.55. The van der Waals surface area contributed by atoms with Crippen LogP contribution in [0.1, 0.15) is 43.0 Å². The van der Waals surface area contributed by atoms with Gasteiger partial charge in [-0.05, 0) is 42.8 Å². The summed E-state index contributed by atoms with van der Waals surface area (Å²) in [6, 6.07) is 14.0. The van der Waals surface area contributed by atoms with Crippen molar-refractivity contribution in [3.63, 3.8) is 0 Å². The van der Waals surface area contributed by atoms with Gasteiger partial charge in [-0.25, -0.2) is 9.78 Å². The number of hydrogen-bond donors (Lipinski definition) is 3. The Labute approximate surface area is 164 Å². The molecule has 28 heavy (non-hydrogen) atoms. The summed E-state index contributed by atoms with van der Waals surface area (Å²) in [6.07, 6.45) is 4.69. The van der Waals surface area contributed by atoms with Crippen molar-refractivity contribution in [1.29, 1.82) is 0 Å². The molecular formula is C21H26N4O3. The van der Waals surface area contributed by atoms with Gasteiger partial charge in [-0.2, -0.15) is 4.98 Å². The number of carboxylic acids is 1. The zero-order valence-electron chi connectivity index (χ0n) is 16.0. The molecule has 5 N–H and O–H groups in total. The van der Waals surface area contributed by atoms with Gasteiger partial charge < -0.3 is 21.3 Å². The van der Waals surface area contributed by atoms with Gasteiger partial charge in [0.15, 0.2) is 0 Å². The number of carboxylic acid groups (broad SMARTS) is 1. The highest BCUT2D eigenvalue weighted by atomic mass is 16.5. The molecule has 0 spiro atoms. The smallest absolute Gasteiger partial charge is 0.335 e. The number of para-hydroxylation sites is 1. The molecule has 0 amide bonds. The predicted molar refractivity (Wildman–Crippen MR) is 111 cm³/mol. The first-order valence-corrected chi connectivity index (χ1v) is 9.25. The van der Waals surface area contributed by atoms with E-state index in [1.54, 1.807) is 24.3 Å². The number of aromatic carboxylic acids is 1. The SMILES string of the molecule is CCCCCCOc1ccc(C(=O)O)cc1.Nc1nc(N)c2ccccc2n1. The Hall–Kier alpha value is -3.35. The summed E-state index contributed by atoms with van der Waals surface area (Å²) in [4.78, 5) is 18.5. The molecule has 0 unspecified atom stereocenters. The third-order valence-corrected chi connectivity index (χ3v) is 4.02. The topological polar surface area (TPSA) is 124 Å². The predicted octanol–water partition coefficient (Wildman–Crippen LogP) is 4.14. The minimum absolute atomic E-state index is 0.214. The monoisotopic (exact) mass is 382 g/mol. The van der Waals surface area contributed by atoms with E-state index in [4.69, 9.17) is 21.3 Å². The number of ether oxygens (including phenoxy) is 1. The largest absolute Gasteiger partial charge is 0.494 e.